The number of methoxy groups -OCH3 is 3. The summed E-state index contributed by atoms with van der Waals surface area (Å²) in [6.07, 6.45) is 1.09. The number of H-pyrrole nitrogens is 1. The number of nitrogens with one attached hydrogen (secondary N) is 1. The van der Waals surface area contributed by atoms with Crippen molar-refractivity contribution in [1.82, 2.24) is 14.9 Å². The van der Waals surface area contributed by atoms with Crippen LogP contribution in [0.2, 0.25) is 0 Å². The van der Waals surface area contributed by atoms with Gasteiger partial charge >= 0.3 is 5.97 Å². The largest absolute Gasteiger partial charge is 0.496 e. The molecule has 1 aromatic carbocycles. The highest BCUT2D eigenvalue weighted by Gasteiger charge is 2.12. The van der Waals surface area contributed by atoms with Crippen molar-refractivity contribution in [2.75, 3.05) is 21.3 Å². The maximum absolute atomic E-state index is 12.4. The van der Waals surface area contributed by atoms with E-state index in [0.717, 1.165) is 4.68 Å². The van der Waals surface area contributed by atoms with Crippen LogP contribution in [-0.2, 0) is 11.2 Å². The molecule has 2 N–H and O–H groups in total. The van der Waals surface area contributed by atoms with E-state index in [9.17, 15) is 9.59 Å². The summed E-state index contributed by atoms with van der Waals surface area (Å²) >= 11 is 5.04. The first kappa shape index (κ1) is 20.1. The van der Waals surface area contributed by atoms with E-state index < -0.39 is 11.5 Å². The molecule has 0 aliphatic heterocycles. The van der Waals surface area contributed by atoms with Crippen LogP contribution in [0.25, 0.3) is 0 Å². The molecule has 0 amide bonds. The maximum atomic E-state index is 12.4. The van der Waals surface area contributed by atoms with Crippen LogP contribution in [0.3, 0.4) is 0 Å². The zero-order valence-electron chi connectivity index (χ0n) is 14.9. The minimum absolute atomic E-state index is 0.0161. The van der Waals surface area contributed by atoms with E-state index >= 15 is 0 Å². The molecule has 11 heteroatoms. The van der Waals surface area contributed by atoms with E-state index in [1.807, 2.05) is 0 Å². The van der Waals surface area contributed by atoms with Crippen LogP contribution in [-0.4, -0.2) is 53.5 Å². The number of hydrogen-bond acceptors (Lipinski definition) is 8. The Bertz CT molecular complexity index is 982. The molecular weight excluding hydrogens is 376 g/mol. The lowest BCUT2D eigenvalue weighted by Crippen LogP contribution is -2.25. The van der Waals surface area contributed by atoms with Crippen LogP contribution in [0.5, 0.6) is 17.2 Å². The number of carboxylic acids is 1. The summed E-state index contributed by atoms with van der Waals surface area (Å²) in [5, 5.41) is 19.1. The summed E-state index contributed by atoms with van der Waals surface area (Å²) < 4.78 is 16.7. The van der Waals surface area contributed by atoms with Gasteiger partial charge in [-0.15, -0.1) is 0 Å². The standard InChI is InChI=1S/C16H18N4O6S/c1-24-11-7-13(26-3)12(25-2)6-9(11)8-17-20-15(23)10(4-5-14(21)22)18-19-16(20)27/h6-8H,4-5H2,1-3H3,(H,19,27)(H,21,22)/b17-8-. The third-order valence-electron chi connectivity index (χ3n) is 3.54. The van der Waals surface area contributed by atoms with E-state index in [1.54, 1.807) is 12.1 Å². The summed E-state index contributed by atoms with van der Waals surface area (Å²) in [5.41, 5.74) is -0.0709. The Morgan fingerprint density at radius 3 is 2.48 bits per heavy atom. The molecule has 1 aromatic heterocycles. The predicted molar refractivity (Wildman–Crippen MR) is 98.7 cm³/mol. The van der Waals surface area contributed by atoms with E-state index in [-0.39, 0.29) is 23.3 Å². The fraction of sp³-hybridized carbons (Fsp3) is 0.312. The molecule has 2 rings (SSSR count). The Balaban J connectivity index is 2.46. The van der Waals surface area contributed by atoms with Gasteiger partial charge in [0.2, 0.25) is 4.77 Å². The lowest BCUT2D eigenvalue weighted by Gasteiger charge is -2.11. The average Bonchev–Trinajstić information content (AvgIpc) is 2.66. The van der Waals surface area contributed by atoms with Crippen molar-refractivity contribution in [3.8, 4) is 17.2 Å². The molecule has 0 atom stereocenters. The first-order valence-electron chi connectivity index (χ1n) is 7.68. The molecule has 144 valence electrons. The van der Waals surface area contributed by atoms with Gasteiger partial charge in [-0.3, -0.25) is 14.7 Å². The van der Waals surface area contributed by atoms with E-state index in [0.29, 0.717) is 22.8 Å². The van der Waals surface area contributed by atoms with E-state index in [2.05, 4.69) is 15.3 Å². The van der Waals surface area contributed by atoms with Crippen LogP contribution in [0.15, 0.2) is 22.0 Å². The molecule has 0 aliphatic carbocycles. The summed E-state index contributed by atoms with van der Waals surface area (Å²) in [5.74, 6) is 0.332. The van der Waals surface area contributed by atoms with Gasteiger partial charge in [0.1, 0.15) is 11.4 Å². The van der Waals surface area contributed by atoms with Crippen molar-refractivity contribution in [2.24, 2.45) is 5.10 Å². The number of ether oxygens (including phenoxy) is 3. The van der Waals surface area contributed by atoms with Gasteiger partial charge in [-0.2, -0.15) is 14.9 Å². The van der Waals surface area contributed by atoms with Gasteiger partial charge in [-0.25, -0.2) is 0 Å². The van der Waals surface area contributed by atoms with Gasteiger partial charge < -0.3 is 19.3 Å². The Morgan fingerprint density at radius 1 is 1.26 bits per heavy atom. The molecule has 0 aliphatic rings. The van der Waals surface area contributed by atoms with Crippen LogP contribution in [0.4, 0.5) is 0 Å². The van der Waals surface area contributed by atoms with Crippen molar-refractivity contribution >= 4 is 24.4 Å². The second-order valence-corrected chi connectivity index (χ2v) is 5.57. The number of aliphatic carboxylic acids is 1. The SMILES string of the molecule is COc1cc(OC)c(OC)cc1/C=N\n1c(=S)[nH]nc(CCC(=O)O)c1=O. The third-order valence-corrected chi connectivity index (χ3v) is 3.81. The highest BCUT2D eigenvalue weighted by Crippen LogP contribution is 2.33. The van der Waals surface area contributed by atoms with Gasteiger partial charge in [-0.05, 0) is 18.3 Å². The smallest absolute Gasteiger partial charge is 0.303 e. The van der Waals surface area contributed by atoms with Crippen molar-refractivity contribution in [3.05, 3.63) is 38.5 Å². The molecule has 10 nitrogen and oxygen atoms in total. The third kappa shape index (κ3) is 4.70. The lowest BCUT2D eigenvalue weighted by atomic mass is 10.2. The van der Waals surface area contributed by atoms with Crippen molar-refractivity contribution in [3.63, 3.8) is 0 Å². The van der Waals surface area contributed by atoms with E-state index in [4.69, 9.17) is 31.5 Å². The van der Waals surface area contributed by atoms with Gasteiger partial charge in [-0.1, -0.05) is 0 Å². The fourth-order valence-corrected chi connectivity index (χ4v) is 2.37. The molecule has 0 spiro atoms. The first-order valence-corrected chi connectivity index (χ1v) is 8.08. The van der Waals surface area contributed by atoms with Gasteiger partial charge in [0, 0.05) is 18.1 Å². The minimum atomic E-state index is -1.04. The fourth-order valence-electron chi connectivity index (χ4n) is 2.19. The zero-order chi connectivity index (χ0) is 20.0. The van der Waals surface area contributed by atoms with Gasteiger partial charge in [0.25, 0.3) is 5.56 Å². The van der Waals surface area contributed by atoms with Crippen LogP contribution in [0.1, 0.15) is 17.7 Å². The van der Waals surface area contributed by atoms with Gasteiger partial charge in [0.15, 0.2) is 11.5 Å². The molecule has 1 heterocycles. The maximum Gasteiger partial charge on any atom is 0.303 e. The molecule has 27 heavy (non-hydrogen) atoms. The van der Waals surface area contributed by atoms with Crippen molar-refractivity contribution < 1.29 is 24.1 Å². The Hall–Kier alpha value is -3.21. The van der Waals surface area contributed by atoms with Crippen molar-refractivity contribution in [2.45, 2.75) is 12.8 Å². The Morgan fingerprint density at radius 2 is 1.89 bits per heavy atom. The Kier molecular flexibility index (Phi) is 6.66. The summed E-state index contributed by atoms with van der Waals surface area (Å²) in [6.45, 7) is 0. The number of aromatic nitrogens is 3. The summed E-state index contributed by atoms with van der Waals surface area (Å²) in [4.78, 5) is 23.1. The number of rotatable bonds is 8. The van der Waals surface area contributed by atoms with Crippen LogP contribution in [0, 0.1) is 4.77 Å². The molecule has 2 aromatic rings. The molecule has 0 fully saturated rings. The first-order chi connectivity index (χ1) is 12.9. The molecule has 0 radical (unpaired) electrons. The quantitative estimate of drug-likeness (QED) is 0.505. The second-order valence-electron chi connectivity index (χ2n) is 5.18. The minimum Gasteiger partial charge on any atom is -0.496 e. The van der Waals surface area contributed by atoms with Crippen LogP contribution < -0.4 is 19.8 Å². The number of aryl methyl sites for hydroxylation is 1. The van der Waals surface area contributed by atoms with Crippen LogP contribution >= 0.6 is 12.2 Å². The number of benzene rings is 1. The molecule has 0 unspecified atom stereocenters. The molecule has 0 saturated heterocycles. The number of hydrogen-bond donors (Lipinski definition) is 2. The van der Waals surface area contributed by atoms with E-state index in [1.165, 1.54) is 27.5 Å². The molecule has 0 saturated carbocycles. The average molecular weight is 394 g/mol. The number of aromatic amines is 1. The number of carbonyl (C=O) groups is 1. The molecular formula is C16H18N4O6S. The monoisotopic (exact) mass is 394 g/mol. The number of nitrogens with zero attached hydrogens (tertiary/aromatic N) is 3. The lowest BCUT2D eigenvalue weighted by molar-refractivity contribution is -0.136. The Labute approximate surface area is 159 Å². The normalized spacial score (nSPS) is 10.8. The summed E-state index contributed by atoms with van der Waals surface area (Å²) in [7, 11) is 4.47. The topological polar surface area (TPSA) is 128 Å². The highest BCUT2D eigenvalue weighted by atomic mass is 32.1. The summed E-state index contributed by atoms with van der Waals surface area (Å²) in [6, 6.07) is 3.25. The van der Waals surface area contributed by atoms with Crippen molar-refractivity contribution in [1.29, 1.82) is 0 Å². The molecule has 0 bridgehead atoms. The predicted octanol–water partition coefficient (Wildman–Crippen LogP) is 1.23. The van der Waals surface area contributed by atoms with Gasteiger partial charge in [0.05, 0.1) is 34.0 Å². The highest BCUT2D eigenvalue weighted by molar-refractivity contribution is 7.71. The second kappa shape index (κ2) is 8.94. The number of carboxylic acid groups (broad SMARTS) is 1. The zero-order valence-corrected chi connectivity index (χ0v) is 15.7.